The third kappa shape index (κ3) is 4.37. The summed E-state index contributed by atoms with van der Waals surface area (Å²) in [5.74, 6) is 0.0273. The molecular formula is C25H27BrN6O2. The number of pyridine rings is 1. The average molecular weight is 523 g/mol. The third-order valence-corrected chi connectivity index (χ3v) is 7.10. The topological polar surface area (TPSA) is 88.5 Å². The number of aryl methyl sites for hydroxylation is 2. The lowest BCUT2D eigenvalue weighted by atomic mass is 9.92. The summed E-state index contributed by atoms with van der Waals surface area (Å²) < 4.78 is 4.66. The van der Waals surface area contributed by atoms with Gasteiger partial charge in [-0.05, 0) is 68.5 Å². The zero-order chi connectivity index (χ0) is 23.9. The van der Waals surface area contributed by atoms with Crippen LogP contribution in [0.3, 0.4) is 0 Å². The summed E-state index contributed by atoms with van der Waals surface area (Å²) in [7, 11) is 0. The van der Waals surface area contributed by atoms with Crippen LogP contribution in [0.15, 0.2) is 53.4 Å². The van der Waals surface area contributed by atoms with Gasteiger partial charge in [0.1, 0.15) is 16.9 Å². The Morgan fingerprint density at radius 1 is 1.15 bits per heavy atom. The van der Waals surface area contributed by atoms with Crippen molar-refractivity contribution < 1.29 is 9.90 Å². The van der Waals surface area contributed by atoms with Crippen LogP contribution >= 0.6 is 15.9 Å². The van der Waals surface area contributed by atoms with Gasteiger partial charge in [-0.1, -0.05) is 27.2 Å². The Morgan fingerprint density at radius 2 is 2.00 bits per heavy atom. The van der Waals surface area contributed by atoms with Gasteiger partial charge in [-0.2, -0.15) is 0 Å². The molecule has 176 valence electrons. The molecule has 5 rings (SSSR count). The number of hydrogen-bond donors (Lipinski definition) is 1. The number of hydrogen-bond acceptors (Lipinski definition) is 5. The molecule has 8 nitrogen and oxygen atoms in total. The van der Waals surface area contributed by atoms with Crippen LogP contribution in [0.4, 0.5) is 0 Å². The van der Waals surface area contributed by atoms with Crippen LogP contribution in [-0.2, 0) is 16.8 Å². The van der Waals surface area contributed by atoms with Gasteiger partial charge >= 0.3 is 0 Å². The van der Waals surface area contributed by atoms with E-state index in [9.17, 15) is 9.90 Å². The van der Waals surface area contributed by atoms with E-state index in [1.165, 1.54) is 0 Å². The van der Waals surface area contributed by atoms with Gasteiger partial charge in [-0.25, -0.2) is 9.67 Å². The van der Waals surface area contributed by atoms with Crippen molar-refractivity contribution in [2.24, 2.45) is 0 Å². The Morgan fingerprint density at radius 3 is 2.79 bits per heavy atom. The molecule has 1 N–H and O–H groups in total. The SMILES string of the molecule is Cc1cc(Br)ccc1-n1cc(C2(O)CCCN(C(=O)Cc3cn4cccc(C)c4n3)CC2)nn1. The first-order valence-corrected chi connectivity index (χ1v) is 12.2. The van der Waals surface area contributed by atoms with E-state index in [-0.39, 0.29) is 12.3 Å². The molecular weight excluding hydrogens is 496 g/mol. The maximum atomic E-state index is 13.0. The number of fused-ring (bicyclic) bond motifs is 1. The lowest BCUT2D eigenvalue weighted by molar-refractivity contribution is -0.130. The molecule has 1 atom stereocenters. The molecule has 0 aliphatic carbocycles. The first kappa shape index (κ1) is 22.7. The molecule has 3 aromatic heterocycles. The molecule has 4 heterocycles. The number of benzene rings is 1. The van der Waals surface area contributed by atoms with Crippen LogP contribution in [0.25, 0.3) is 11.3 Å². The van der Waals surface area contributed by atoms with Gasteiger partial charge in [0.25, 0.3) is 0 Å². The van der Waals surface area contributed by atoms with E-state index in [1.54, 1.807) is 10.9 Å². The minimum absolute atomic E-state index is 0.0273. The molecule has 1 aliphatic rings. The van der Waals surface area contributed by atoms with E-state index in [4.69, 9.17) is 0 Å². The van der Waals surface area contributed by atoms with Crippen molar-refractivity contribution in [3.8, 4) is 5.69 Å². The Balaban J connectivity index is 1.28. The normalized spacial score (nSPS) is 18.9. The quantitative estimate of drug-likeness (QED) is 0.441. The standard InChI is InChI=1S/C25H27BrN6O2/c1-17-5-3-10-31-15-20(27-24(17)31)14-23(33)30-11-4-8-25(34,9-12-30)22-16-32(29-28-22)21-7-6-19(26)13-18(21)2/h3,5-7,10,13,15-16,34H,4,8-9,11-12,14H2,1-2H3. The molecule has 1 aliphatic heterocycles. The number of imidazole rings is 1. The van der Waals surface area contributed by atoms with E-state index in [0.29, 0.717) is 38.0 Å². The van der Waals surface area contributed by atoms with Gasteiger partial charge in [-0.15, -0.1) is 5.10 Å². The summed E-state index contributed by atoms with van der Waals surface area (Å²) in [6, 6.07) is 9.93. The number of halogens is 1. The number of rotatable bonds is 4. The smallest absolute Gasteiger partial charge is 0.228 e. The molecule has 1 amide bonds. The molecule has 4 aromatic rings. The summed E-state index contributed by atoms with van der Waals surface area (Å²) in [6.07, 6.45) is 7.54. The lowest BCUT2D eigenvalue weighted by Gasteiger charge is -2.24. The van der Waals surface area contributed by atoms with Gasteiger partial charge in [0.15, 0.2) is 0 Å². The summed E-state index contributed by atoms with van der Waals surface area (Å²) in [4.78, 5) is 19.5. The third-order valence-electron chi connectivity index (χ3n) is 6.60. The molecule has 1 saturated heterocycles. The second kappa shape index (κ2) is 8.96. The largest absolute Gasteiger partial charge is 0.383 e. The van der Waals surface area contributed by atoms with Gasteiger partial charge in [0.2, 0.25) is 5.91 Å². The van der Waals surface area contributed by atoms with Gasteiger partial charge in [0, 0.05) is 30.0 Å². The minimum Gasteiger partial charge on any atom is -0.383 e. The molecule has 0 bridgehead atoms. The van der Waals surface area contributed by atoms with Crippen molar-refractivity contribution >= 4 is 27.5 Å². The number of aromatic nitrogens is 5. The highest BCUT2D eigenvalue weighted by Crippen LogP contribution is 2.32. The Hall–Kier alpha value is -3.04. The Bertz CT molecular complexity index is 1360. The molecule has 9 heteroatoms. The maximum absolute atomic E-state index is 13.0. The zero-order valence-corrected chi connectivity index (χ0v) is 20.9. The van der Waals surface area contributed by atoms with E-state index in [1.807, 2.05) is 65.9 Å². The van der Waals surface area contributed by atoms with Crippen LogP contribution in [-0.4, -0.2) is 53.4 Å². The minimum atomic E-state index is -1.11. The average Bonchev–Trinajstić information content (AvgIpc) is 3.39. The number of carbonyl (C=O) groups is 1. The van der Waals surface area contributed by atoms with E-state index < -0.39 is 5.60 Å². The molecule has 34 heavy (non-hydrogen) atoms. The molecule has 1 aromatic carbocycles. The van der Waals surface area contributed by atoms with Gasteiger partial charge in [0.05, 0.1) is 24.0 Å². The van der Waals surface area contributed by atoms with Crippen molar-refractivity contribution in [3.05, 3.63) is 75.9 Å². The molecule has 0 saturated carbocycles. The molecule has 1 unspecified atom stereocenters. The molecule has 1 fully saturated rings. The highest BCUT2D eigenvalue weighted by atomic mass is 79.9. The van der Waals surface area contributed by atoms with Crippen LogP contribution in [0.1, 0.15) is 41.8 Å². The summed E-state index contributed by atoms with van der Waals surface area (Å²) in [5.41, 5.74) is 4.10. The van der Waals surface area contributed by atoms with Crippen molar-refractivity contribution in [2.75, 3.05) is 13.1 Å². The summed E-state index contributed by atoms with van der Waals surface area (Å²) in [5, 5.41) is 20.0. The fraction of sp³-hybridized carbons (Fsp3) is 0.360. The highest BCUT2D eigenvalue weighted by molar-refractivity contribution is 9.10. The number of amides is 1. The van der Waals surface area contributed by atoms with Crippen LogP contribution in [0.2, 0.25) is 0 Å². The van der Waals surface area contributed by atoms with E-state index in [2.05, 4.69) is 31.2 Å². The van der Waals surface area contributed by atoms with Gasteiger partial charge < -0.3 is 14.4 Å². The van der Waals surface area contributed by atoms with Crippen molar-refractivity contribution in [1.82, 2.24) is 29.3 Å². The van der Waals surface area contributed by atoms with Gasteiger partial charge in [-0.3, -0.25) is 4.79 Å². The Kier molecular flexibility index (Phi) is 5.99. The van der Waals surface area contributed by atoms with Crippen molar-refractivity contribution in [3.63, 3.8) is 0 Å². The maximum Gasteiger partial charge on any atom is 0.228 e. The number of aliphatic hydroxyl groups is 1. The zero-order valence-electron chi connectivity index (χ0n) is 19.3. The van der Waals surface area contributed by atoms with Crippen LogP contribution in [0.5, 0.6) is 0 Å². The number of nitrogens with zero attached hydrogens (tertiary/aromatic N) is 6. The fourth-order valence-electron chi connectivity index (χ4n) is 4.65. The van der Waals surface area contributed by atoms with E-state index in [0.717, 1.165) is 32.6 Å². The van der Waals surface area contributed by atoms with E-state index >= 15 is 0 Å². The highest BCUT2D eigenvalue weighted by Gasteiger charge is 2.36. The monoisotopic (exact) mass is 522 g/mol. The summed E-state index contributed by atoms with van der Waals surface area (Å²) >= 11 is 3.48. The number of carbonyl (C=O) groups excluding carboxylic acids is 1. The lowest BCUT2D eigenvalue weighted by Crippen LogP contribution is -2.34. The first-order valence-electron chi connectivity index (χ1n) is 11.5. The predicted molar refractivity (Wildman–Crippen MR) is 132 cm³/mol. The second-order valence-corrected chi connectivity index (χ2v) is 9.99. The van der Waals surface area contributed by atoms with Crippen molar-refractivity contribution in [2.45, 2.75) is 45.1 Å². The second-order valence-electron chi connectivity index (χ2n) is 9.08. The van der Waals surface area contributed by atoms with Crippen molar-refractivity contribution in [1.29, 1.82) is 0 Å². The number of likely N-dealkylation sites (tertiary alicyclic amines) is 1. The summed E-state index contributed by atoms with van der Waals surface area (Å²) in [6.45, 7) is 5.09. The fourth-order valence-corrected chi connectivity index (χ4v) is 5.13. The molecule has 0 spiro atoms. The van der Waals surface area contributed by atoms with Crippen LogP contribution < -0.4 is 0 Å². The predicted octanol–water partition coefficient (Wildman–Crippen LogP) is 3.74. The first-order chi connectivity index (χ1) is 16.3. The van der Waals surface area contributed by atoms with Crippen LogP contribution in [0, 0.1) is 13.8 Å². The Labute approximate surface area is 206 Å². The molecule has 0 radical (unpaired) electrons.